The molecule has 0 atom stereocenters. The number of hydrogen-bond donors (Lipinski definition) is 0. The standard InChI is InChI=1S/C52H53BN2O/c1-49(2,3)30-17-21-34(22-18-30)54-41-24-20-32(51(7,8)9)28-39(41)53-47-42(54)29-44-45(35-15-13-14-16-43(35)56-44)46(47)38-27-33(52(10,11)12)26-37-36-25-31(50(4,5)6)19-23-40(36)55(53)48(37)38/h13-29H,1-12H3. The minimum atomic E-state index is -0.0565. The van der Waals surface area contributed by atoms with Crippen LogP contribution in [0.25, 0.3) is 54.9 Å². The Morgan fingerprint density at radius 1 is 0.500 bits per heavy atom. The predicted molar refractivity (Wildman–Crippen MR) is 242 cm³/mol. The first-order valence-electron chi connectivity index (χ1n) is 20.5. The van der Waals surface area contributed by atoms with E-state index in [2.05, 4.69) is 196 Å². The summed E-state index contributed by atoms with van der Waals surface area (Å²) in [6, 6.07) is 39.8. The van der Waals surface area contributed by atoms with Gasteiger partial charge in [0, 0.05) is 61.3 Å². The highest BCUT2D eigenvalue weighted by Crippen LogP contribution is 2.51. The lowest BCUT2D eigenvalue weighted by Gasteiger charge is -2.41. The lowest BCUT2D eigenvalue weighted by Crippen LogP contribution is -2.57. The predicted octanol–water partition coefficient (Wildman–Crippen LogP) is 13.3. The van der Waals surface area contributed by atoms with Crippen LogP contribution < -0.4 is 15.8 Å². The van der Waals surface area contributed by atoms with Crippen LogP contribution in [0.15, 0.2) is 108 Å². The van der Waals surface area contributed by atoms with Gasteiger partial charge in [-0.2, -0.15) is 0 Å². The van der Waals surface area contributed by atoms with Crippen LogP contribution in [-0.4, -0.2) is 11.3 Å². The lowest BCUT2D eigenvalue weighted by atomic mass is 9.44. The van der Waals surface area contributed by atoms with Gasteiger partial charge in [0.05, 0.1) is 0 Å². The van der Waals surface area contributed by atoms with Crippen LogP contribution in [0.1, 0.15) is 105 Å². The van der Waals surface area contributed by atoms with Crippen LogP contribution in [0, 0.1) is 0 Å². The summed E-state index contributed by atoms with van der Waals surface area (Å²) in [4.78, 5) is 2.52. The summed E-state index contributed by atoms with van der Waals surface area (Å²) in [5.41, 5.74) is 18.7. The number of nitrogens with zero attached hydrogens (tertiary/aromatic N) is 2. The molecule has 8 aromatic rings. The molecule has 0 unspecified atom stereocenters. The molecule has 3 nitrogen and oxygen atoms in total. The first kappa shape index (κ1) is 35.2. The molecule has 0 N–H and O–H groups in total. The van der Waals surface area contributed by atoms with E-state index in [1.165, 1.54) is 88.3 Å². The van der Waals surface area contributed by atoms with E-state index in [0.717, 1.165) is 16.9 Å². The number of benzene rings is 6. The minimum absolute atomic E-state index is 0.0212. The highest BCUT2D eigenvalue weighted by atomic mass is 16.3. The molecule has 2 aromatic heterocycles. The summed E-state index contributed by atoms with van der Waals surface area (Å²) >= 11 is 0. The largest absolute Gasteiger partial charge is 0.456 e. The molecule has 0 aliphatic carbocycles. The second-order valence-corrected chi connectivity index (χ2v) is 20.7. The summed E-state index contributed by atoms with van der Waals surface area (Å²) in [5, 5.41) is 5.04. The van der Waals surface area contributed by atoms with Crippen molar-refractivity contribution in [3.63, 3.8) is 0 Å². The molecule has 56 heavy (non-hydrogen) atoms. The molecule has 0 saturated heterocycles. The van der Waals surface area contributed by atoms with Crippen molar-refractivity contribution in [3.05, 3.63) is 125 Å². The molecule has 0 radical (unpaired) electrons. The zero-order chi connectivity index (χ0) is 39.4. The van der Waals surface area contributed by atoms with Crippen LogP contribution in [0.4, 0.5) is 17.1 Å². The van der Waals surface area contributed by atoms with E-state index < -0.39 is 0 Å². The van der Waals surface area contributed by atoms with Gasteiger partial charge in [-0.3, -0.25) is 0 Å². The Bertz CT molecular complexity index is 2950. The third-order valence-electron chi connectivity index (χ3n) is 12.8. The van der Waals surface area contributed by atoms with E-state index in [1.807, 2.05) is 0 Å². The Morgan fingerprint density at radius 2 is 1.11 bits per heavy atom. The van der Waals surface area contributed by atoms with Crippen molar-refractivity contribution in [2.24, 2.45) is 0 Å². The summed E-state index contributed by atoms with van der Waals surface area (Å²) in [7, 11) is 0. The van der Waals surface area contributed by atoms with Gasteiger partial charge in [0.15, 0.2) is 0 Å². The maximum absolute atomic E-state index is 6.88. The van der Waals surface area contributed by atoms with E-state index in [1.54, 1.807) is 0 Å². The third kappa shape index (κ3) is 4.97. The van der Waals surface area contributed by atoms with Crippen molar-refractivity contribution < 1.29 is 4.42 Å². The number of anilines is 3. The van der Waals surface area contributed by atoms with Gasteiger partial charge >= 0.3 is 6.85 Å². The minimum Gasteiger partial charge on any atom is -0.456 e. The zero-order valence-electron chi connectivity index (χ0n) is 35.2. The van der Waals surface area contributed by atoms with E-state index >= 15 is 0 Å². The van der Waals surface area contributed by atoms with Gasteiger partial charge in [0.25, 0.3) is 0 Å². The van der Waals surface area contributed by atoms with Crippen LogP contribution in [-0.2, 0) is 21.7 Å². The normalized spacial score (nSPS) is 14.4. The summed E-state index contributed by atoms with van der Waals surface area (Å²) in [6.07, 6.45) is 0. The Balaban J connectivity index is 1.43. The molecular weight excluding hydrogens is 679 g/mol. The molecule has 0 fully saturated rings. The number of aromatic nitrogens is 1. The maximum atomic E-state index is 6.88. The molecule has 0 spiro atoms. The summed E-state index contributed by atoms with van der Waals surface area (Å²) in [6.45, 7) is 27.9. The van der Waals surface area contributed by atoms with Crippen molar-refractivity contribution in [2.75, 3.05) is 4.90 Å². The monoisotopic (exact) mass is 732 g/mol. The summed E-state index contributed by atoms with van der Waals surface area (Å²) in [5.74, 6) is 0. The van der Waals surface area contributed by atoms with Crippen molar-refractivity contribution in [1.82, 2.24) is 4.48 Å². The second-order valence-electron chi connectivity index (χ2n) is 20.7. The molecule has 2 aliphatic rings. The fraction of sp³-hybridized carbons (Fsp3) is 0.308. The van der Waals surface area contributed by atoms with Gasteiger partial charge < -0.3 is 13.8 Å². The first-order chi connectivity index (χ1) is 26.3. The smallest absolute Gasteiger partial charge is 0.333 e. The molecule has 280 valence electrons. The van der Waals surface area contributed by atoms with Crippen molar-refractivity contribution in [3.8, 4) is 11.1 Å². The van der Waals surface area contributed by atoms with Crippen LogP contribution in [0.2, 0.25) is 0 Å². The SMILES string of the molecule is CC(C)(C)c1ccc(N2c3ccc(C(C)(C)C)cc3B3c4c2cc2oc5ccccc5c2c4-c2cc(C(C)(C)C)cc4c5cc(C(C)(C)C)ccc5n3c24)cc1. The van der Waals surface area contributed by atoms with Gasteiger partial charge in [0.1, 0.15) is 11.2 Å². The number of rotatable bonds is 1. The van der Waals surface area contributed by atoms with Crippen LogP contribution >= 0.6 is 0 Å². The first-order valence-corrected chi connectivity index (χ1v) is 20.5. The molecule has 4 heterocycles. The number of furan rings is 1. The molecule has 10 rings (SSSR count). The van der Waals surface area contributed by atoms with Gasteiger partial charge in [-0.1, -0.05) is 132 Å². The summed E-state index contributed by atoms with van der Waals surface area (Å²) < 4.78 is 9.59. The molecular formula is C52H53BN2O. The van der Waals surface area contributed by atoms with Crippen molar-refractivity contribution in [2.45, 2.75) is 105 Å². The van der Waals surface area contributed by atoms with E-state index in [9.17, 15) is 0 Å². The topological polar surface area (TPSA) is 21.3 Å². The Labute approximate surface area is 332 Å². The van der Waals surface area contributed by atoms with Crippen LogP contribution in [0.3, 0.4) is 0 Å². The van der Waals surface area contributed by atoms with Crippen molar-refractivity contribution in [1.29, 1.82) is 0 Å². The molecule has 0 bridgehead atoms. The molecule has 2 aliphatic heterocycles. The number of fused-ring (bicyclic) bond motifs is 11. The average molecular weight is 733 g/mol. The quantitative estimate of drug-likeness (QED) is 0.157. The second kappa shape index (κ2) is 11.2. The average Bonchev–Trinajstić information content (AvgIpc) is 3.66. The zero-order valence-corrected chi connectivity index (χ0v) is 35.2. The van der Waals surface area contributed by atoms with Gasteiger partial charge in [0.2, 0.25) is 0 Å². The molecule has 4 heteroatoms. The molecule has 0 saturated carbocycles. The van der Waals surface area contributed by atoms with Gasteiger partial charge in [-0.15, -0.1) is 0 Å². The Kier molecular flexibility index (Phi) is 7.05. The number of hydrogen-bond acceptors (Lipinski definition) is 2. The lowest BCUT2D eigenvalue weighted by molar-refractivity contribution is 0.590. The Morgan fingerprint density at radius 3 is 1.79 bits per heavy atom. The van der Waals surface area contributed by atoms with Gasteiger partial charge in [-0.25, -0.2) is 0 Å². The fourth-order valence-electron chi connectivity index (χ4n) is 9.56. The Hall–Kier alpha value is -5.22. The molecule has 6 aromatic carbocycles. The van der Waals surface area contributed by atoms with Crippen molar-refractivity contribution >= 4 is 78.6 Å². The highest BCUT2D eigenvalue weighted by Gasteiger charge is 2.45. The number of para-hydroxylation sites is 1. The van der Waals surface area contributed by atoms with Crippen LogP contribution in [0.5, 0.6) is 0 Å². The molecule has 0 amide bonds. The van der Waals surface area contributed by atoms with E-state index in [-0.39, 0.29) is 28.5 Å². The maximum Gasteiger partial charge on any atom is 0.333 e. The third-order valence-corrected chi connectivity index (χ3v) is 12.8. The van der Waals surface area contributed by atoms with E-state index in [0.29, 0.717) is 0 Å². The van der Waals surface area contributed by atoms with Gasteiger partial charge in [-0.05, 0) is 109 Å². The van der Waals surface area contributed by atoms with E-state index in [4.69, 9.17) is 4.42 Å². The fourth-order valence-corrected chi connectivity index (χ4v) is 9.56. The highest BCUT2D eigenvalue weighted by molar-refractivity contribution is 6.90.